The van der Waals surface area contributed by atoms with E-state index in [4.69, 9.17) is 21.7 Å². The van der Waals surface area contributed by atoms with Crippen LogP contribution in [0.3, 0.4) is 0 Å². The van der Waals surface area contributed by atoms with Crippen LogP contribution in [0.25, 0.3) is 0 Å². The molecule has 1 aliphatic carbocycles. The minimum Gasteiger partial charge on any atom is -0.501 e. The van der Waals surface area contributed by atoms with Gasteiger partial charge in [0.1, 0.15) is 0 Å². The zero-order chi connectivity index (χ0) is 20.7. The summed E-state index contributed by atoms with van der Waals surface area (Å²) in [6.45, 7) is 0. The van der Waals surface area contributed by atoms with Crippen LogP contribution in [0.2, 0.25) is 0 Å². The van der Waals surface area contributed by atoms with Gasteiger partial charge < -0.3 is 21.7 Å². The van der Waals surface area contributed by atoms with Crippen LogP contribution < -0.4 is 27.8 Å². The Kier molecular flexibility index (Phi) is 4.28. The highest BCUT2D eigenvalue weighted by Gasteiger charge is 2.32. The van der Waals surface area contributed by atoms with E-state index in [9.17, 15) is 24.0 Å². The highest BCUT2D eigenvalue weighted by molar-refractivity contribution is 6.31. The Morgan fingerprint density at radius 1 is 0.571 bits per heavy atom. The van der Waals surface area contributed by atoms with Gasteiger partial charge in [0.2, 0.25) is 11.5 Å². The van der Waals surface area contributed by atoms with Gasteiger partial charge in [0.15, 0.2) is 11.6 Å². The van der Waals surface area contributed by atoms with E-state index in [2.05, 4.69) is 0 Å². The van der Waals surface area contributed by atoms with Crippen molar-refractivity contribution in [1.29, 1.82) is 0 Å². The number of nitrogen functional groups attached to an aromatic ring is 2. The van der Waals surface area contributed by atoms with E-state index in [0.29, 0.717) is 11.1 Å². The summed E-state index contributed by atoms with van der Waals surface area (Å²) in [5.41, 5.74) is 9.27. The monoisotopic (exact) mass is 380 g/mol. The third kappa shape index (κ3) is 2.62. The van der Waals surface area contributed by atoms with Crippen LogP contribution in [0.4, 0.5) is 11.4 Å². The molecule has 1 aliphatic rings. The van der Waals surface area contributed by atoms with Crippen molar-refractivity contribution in [3.8, 4) is 11.5 Å². The smallest absolute Gasteiger partial charge is 0.280 e. The second-order valence-corrected chi connectivity index (χ2v) is 5.88. The molecule has 0 radical (unpaired) electrons. The fraction of sp³-hybridized carbons (Fsp3) is 0. The van der Waals surface area contributed by atoms with E-state index in [1.54, 1.807) is 36.4 Å². The molecule has 0 unspecified atom stereocenters. The molecule has 0 aromatic heterocycles. The largest absolute Gasteiger partial charge is 0.501 e. The lowest BCUT2D eigenvalue weighted by Gasteiger charge is -2.20. The van der Waals surface area contributed by atoms with Crippen molar-refractivity contribution in [2.24, 2.45) is 0 Å². The molecule has 3 aromatic rings. The summed E-state index contributed by atoms with van der Waals surface area (Å²) in [5.74, 6) is -2.81. The standard InChI is InChI=1S/C14H10N2O2.C5H2O5/c15-9-5-6-10(16)12-11(9)13(17)7-3-1-2-4-8(7)14(12)18;6-1-2(7)4(9)5(10)3(1)8/h1-6H,15-16H2;6-7H. The minimum atomic E-state index is -1.39. The van der Waals surface area contributed by atoms with Crippen LogP contribution in [0.1, 0.15) is 31.8 Å². The van der Waals surface area contributed by atoms with Gasteiger partial charge in [-0.1, -0.05) is 24.3 Å². The van der Waals surface area contributed by atoms with Crippen LogP contribution in [0, 0.1) is 0 Å². The second kappa shape index (κ2) is 6.47. The molecule has 0 heterocycles. The first-order valence-corrected chi connectivity index (χ1v) is 7.78. The van der Waals surface area contributed by atoms with E-state index in [0.717, 1.165) is 0 Å². The molecule has 0 aliphatic heterocycles. The topological polar surface area (TPSA) is 178 Å². The number of fused-ring (bicyclic) bond motifs is 2. The lowest BCUT2D eigenvalue weighted by molar-refractivity contribution is 0.0980. The van der Waals surface area contributed by atoms with Crippen molar-refractivity contribution in [1.82, 2.24) is 0 Å². The van der Waals surface area contributed by atoms with Gasteiger partial charge in [0.25, 0.3) is 16.3 Å². The molecule has 3 aromatic carbocycles. The third-order valence-electron chi connectivity index (χ3n) is 4.21. The molecule has 28 heavy (non-hydrogen) atoms. The number of anilines is 2. The molecular formula is C19H12N2O7. The van der Waals surface area contributed by atoms with Crippen LogP contribution in [0.15, 0.2) is 50.8 Å². The van der Waals surface area contributed by atoms with Crippen molar-refractivity contribution in [2.75, 3.05) is 11.5 Å². The zero-order valence-electron chi connectivity index (χ0n) is 14.1. The molecule has 0 saturated carbocycles. The van der Waals surface area contributed by atoms with Gasteiger partial charge in [-0.25, -0.2) is 0 Å². The summed E-state index contributed by atoms with van der Waals surface area (Å²) >= 11 is 0. The Morgan fingerprint density at radius 3 is 1.21 bits per heavy atom. The number of benzene rings is 2. The molecule has 0 amide bonds. The number of nitrogens with two attached hydrogens (primary N) is 2. The third-order valence-corrected chi connectivity index (χ3v) is 4.21. The quantitative estimate of drug-likeness (QED) is 0.235. The van der Waals surface area contributed by atoms with Gasteiger partial charge in [0.05, 0.1) is 11.1 Å². The van der Waals surface area contributed by atoms with Crippen LogP contribution >= 0.6 is 0 Å². The Labute approximate surface area is 155 Å². The van der Waals surface area contributed by atoms with E-state index >= 15 is 0 Å². The van der Waals surface area contributed by atoms with E-state index < -0.39 is 27.8 Å². The lowest BCUT2D eigenvalue weighted by Crippen LogP contribution is -2.29. The molecule has 0 spiro atoms. The molecule has 0 saturated heterocycles. The van der Waals surface area contributed by atoms with E-state index in [-0.39, 0.29) is 34.1 Å². The number of ketones is 2. The summed E-state index contributed by atoms with van der Waals surface area (Å²) in [7, 11) is 0. The SMILES string of the molecule is Nc1ccc(N)c2c1C(=O)c1ccccc1C2=O.O=c1c(O)c(O)c(=O)c1=O. The number of rotatable bonds is 0. The Balaban J connectivity index is 0.000000192. The maximum Gasteiger partial charge on any atom is 0.280 e. The molecule has 0 atom stereocenters. The molecule has 9 heteroatoms. The average molecular weight is 380 g/mol. The maximum absolute atomic E-state index is 12.3. The summed E-state index contributed by atoms with van der Waals surface area (Å²) in [4.78, 5) is 55.5. The van der Waals surface area contributed by atoms with Crippen molar-refractivity contribution in [3.05, 3.63) is 89.3 Å². The molecule has 4 rings (SSSR count). The number of hydrogen-bond donors (Lipinski definition) is 4. The van der Waals surface area contributed by atoms with Crippen LogP contribution in [-0.4, -0.2) is 21.8 Å². The number of carbonyl (C=O) groups is 2. The first kappa shape index (κ1) is 18.5. The fourth-order valence-corrected chi connectivity index (χ4v) is 2.81. The van der Waals surface area contributed by atoms with Crippen molar-refractivity contribution < 1.29 is 19.8 Å². The van der Waals surface area contributed by atoms with Gasteiger partial charge in [-0.3, -0.25) is 24.0 Å². The van der Waals surface area contributed by atoms with Gasteiger partial charge in [-0.15, -0.1) is 0 Å². The maximum atomic E-state index is 12.3. The Morgan fingerprint density at radius 2 is 0.929 bits per heavy atom. The van der Waals surface area contributed by atoms with E-state index in [1.165, 1.54) is 0 Å². The van der Waals surface area contributed by atoms with Crippen molar-refractivity contribution in [3.63, 3.8) is 0 Å². The number of aromatic hydroxyl groups is 2. The molecule has 9 nitrogen and oxygen atoms in total. The lowest BCUT2D eigenvalue weighted by atomic mass is 9.82. The van der Waals surface area contributed by atoms with Gasteiger partial charge >= 0.3 is 0 Å². The molecule has 140 valence electrons. The predicted molar refractivity (Wildman–Crippen MR) is 99.5 cm³/mol. The minimum absolute atomic E-state index is 0.221. The number of hydrogen-bond acceptors (Lipinski definition) is 9. The van der Waals surface area contributed by atoms with Crippen molar-refractivity contribution >= 4 is 22.9 Å². The normalized spacial score (nSPS) is 12.0. The second-order valence-electron chi connectivity index (χ2n) is 5.88. The summed E-state index contributed by atoms with van der Waals surface area (Å²) in [5, 5.41) is 16.9. The molecule has 0 fully saturated rings. The van der Waals surface area contributed by atoms with Gasteiger partial charge in [-0.2, -0.15) is 0 Å². The van der Waals surface area contributed by atoms with Crippen molar-refractivity contribution in [2.45, 2.75) is 0 Å². The average Bonchev–Trinajstić information content (AvgIpc) is 2.86. The first-order valence-electron chi connectivity index (χ1n) is 7.78. The van der Waals surface area contributed by atoms with Gasteiger partial charge in [-0.05, 0) is 12.1 Å². The molecule has 6 N–H and O–H groups in total. The predicted octanol–water partition coefficient (Wildman–Crippen LogP) is -0.320. The highest BCUT2D eigenvalue weighted by Crippen LogP contribution is 2.33. The summed E-state index contributed by atoms with van der Waals surface area (Å²) in [6, 6.07) is 9.79. The Bertz CT molecular complexity index is 1200. The van der Waals surface area contributed by atoms with E-state index in [1.807, 2.05) is 0 Å². The van der Waals surface area contributed by atoms with Crippen LogP contribution in [0.5, 0.6) is 11.5 Å². The zero-order valence-corrected chi connectivity index (χ0v) is 14.1. The summed E-state index contributed by atoms with van der Waals surface area (Å²) in [6.07, 6.45) is 0. The highest BCUT2D eigenvalue weighted by atomic mass is 16.3. The van der Waals surface area contributed by atoms with Gasteiger partial charge in [0, 0.05) is 22.5 Å². The molecular weight excluding hydrogens is 368 g/mol. The number of carbonyl (C=O) groups excluding carboxylic acids is 2. The van der Waals surface area contributed by atoms with Crippen LogP contribution in [-0.2, 0) is 0 Å². The fourth-order valence-electron chi connectivity index (χ4n) is 2.81. The Hall–Kier alpha value is -4.27. The summed E-state index contributed by atoms with van der Waals surface area (Å²) < 4.78 is 0. The first-order chi connectivity index (χ1) is 13.2. The molecule has 0 bridgehead atoms.